The Morgan fingerprint density at radius 3 is 2.06 bits per heavy atom. The molecule has 0 aliphatic heterocycles. The van der Waals surface area contributed by atoms with Crippen molar-refractivity contribution in [3.05, 3.63) is 150 Å². The molecule has 0 radical (unpaired) electrons. The van der Waals surface area contributed by atoms with Gasteiger partial charge in [0.25, 0.3) is 0 Å². The van der Waals surface area contributed by atoms with Crippen LogP contribution in [0.1, 0.15) is 16.7 Å². The smallest absolute Gasteiger partial charge is 0.0253 e. The Morgan fingerprint density at radius 2 is 1.37 bits per heavy atom. The third kappa shape index (κ3) is 8.33. The average molecular weight is 573 g/mol. The molecule has 0 aromatic heterocycles. The fourth-order valence-electron chi connectivity index (χ4n) is 3.93. The van der Waals surface area contributed by atoms with Crippen molar-refractivity contribution in [2.75, 3.05) is 0 Å². The Bertz CT molecular complexity index is 1220. The van der Waals surface area contributed by atoms with Gasteiger partial charge in [0.15, 0.2) is 0 Å². The molecule has 174 valence electrons. The maximum absolute atomic E-state index is 3.30. The predicted molar refractivity (Wildman–Crippen MR) is 137 cm³/mol. The minimum absolute atomic E-state index is 0. The minimum Gasteiger partial charge on any atom is -0.206 e. The van der Waals surface area contributed by atoms with Gasteiger partial charge in [0.05, 0.1) is 0 Å². The van der Waals surface area contributed by atoms with Gasteiger partial charge in [-0.25, -0.2) is 6.07 Å². The summed E-state index contributed by atoms with van der Waals surface area (Å²) in [6, 6.07) is 47.4. The van der Waals surface area contributed by atoms with Crippen molar-refractivity contribution in [2.24, 2.45) is 0 Å². The summed E-state index contributed by atoms with van der Waals surface area (Å²) in [5, 5.41) is 0. The van der Waals surface area contributed by atoms with Crippen molar-refractivity contribution < 1.29 is 49.0 Å². The van der Waals surface area contributed by atoms with Gasteiger partial charge in [0.2, 0.25) is 0 Å². The van der Waals surface area contributed by atoms with Crippen molar-refractivity contribution in [1.29, 1.82) is 0 Å². The number of rotatable bonds is 3. The van der Waals surface area contributed by atoms with Crippen LogP contribution in [-0.2, 0) is 37.1 Å². The van der Waals surface area contributed by atoms with Gasteiger partial charge in [0, 0.05) is 0 Å². The van der Waals surface area contributed by atoms with Crippen molar-refractivity contribution in [2.45, 2.75) is 12.8 Å². The normalized spacial score (nSPS) is 10.0. The van der Waals surface area contributed by atoms with Crippen LogP contribution >= 0.6 is 0 Å². The molecular formula is C32H26Cl2Zr-2. The zero-order valence-electron chi connectivity index (χ0n) is 19.4. The molecule has 3 heteroatoms. The molecular weight excluding hydrogens is 546 g/mol. The van der Waals surface area contributed by atoms with E-state index >= 15 is 0 Å². The summed E-state index contributed by atoms with van der Waals surface area (Å²) in [4.78, 5) is 0. The monoisotopic (exact) mass is 570 g/mol. The number of hydrogen-bond acceptors (Lipinski definition) is 0. The third-order valence-electron chi connectivity index (χ3n) is 5.57. The van der Waals surface area contributed by atoms with Crippen LogP contribution in [0.3, 0.4) is 0 Å². The molecule has 0 amide bonds. The van der Waals surface area contributed by atoms with Crippen molar-refractivity contribution >= 4 is 3.71 Å². The van der Waals surface area contributed by atoms with E-state index in [0.717, 1.165) is 12.8 Å². The first-order chi connectivity index (χ1) is 16.3. The van der Waals surface area contributed by atoms with Gasteiger partial charge >= 0.3 is 70.3 Å². The van der Waals surface area contributed by atoms with E-state index < -0.39 is 0 Å². The van der Waals surface area contributed by atoms with E-state index in [9.17, 15) is 0 Å². The quantitative estimate of drug-likeness (QED) is 0.284. The van der Waals surface area contributed by atoms with Gasteiger partial charge in [-0.15, -0.1) is 5.56 Å². The fourth-order valence-corrected chi connectivity index (χ4v) is 4.51. The van der Waals surface area contributed by atoms with Crippen LogP contribution in [0, 0.1) is 6.07 Å². The second kappa shape index (κ2) is 15.5. The van der Waals surface area contributed by atoms with E-state index in [2.05, 4.69) is 119 Å². The molecule has 0 bridgehead atoms. The Kier molecular flexibility index (Phi) is 12.8. The molecule has 1 aliphatic rings. The number of benzene rings is 4. The summed E-state index contributed by atoms with van der Waals surface area (Å²) in [7, 11) is 0. The molecule has 0 atom stereocenters. The van der Waals surface area contributed by atoms with Crippen LogP contribution in [0.4, 0.5) is 0 Å². The summed E-state index contributed by atoms with van der Waals surface area (Å²) in [6.07, 6.45) is 2.17. The molecule has 5 aromatic carbocycles. The molecule has 35 heavy (non-hydrogen) atoms. The van der Waals surface area contributed by atoms with E-state index in [0.29, 0.717) is 0 Å². The zero-order chi connectivity index (χ0) is 22.7. The van der Waals surface area contributed by atoms with Gasteiger partial charge < -0.3 is 24.8 Å². The first-order valence-electron chi connectivity index (χ1n) is 11.2. The molecule has 0 nitrogen and oxygen atoms in total. The molecule has 0 saturated carbocycles. The summed E-state index contributed by atoms with van der Waals surface area (Å²) in [6.45, 7) is 0. The molecule has 1 aliphatic carbocycles. The maximum atomic E-state index is 3.30. The van der Waals surface area contributed by atoms with Crippen LogP contribution < -0.4 is 24.8 Å². The predicted octanol–water partition coefficient (Wildman–Crippen LogP) is 1.72. The van der Waals surface area contributed by atoms with Gasteiger partial charge in [-0.3, -0.25) is 0 Å². The molecule has 0 unspecified atom stereocenters. The van der Waals surface area contributed by atoms with Gasteiger partial charge in [0.1, 0.15) is 0 Å². The van der Waals surface area contributed by atoms with Crippen molar-refractivity contribution in [3.63, 3.8) is 0 Å². The Labute approximate surface area is 236 Å². The van der Waals surface area contributed by atoms with E-state index in [1.54, 1.807) is 0 Å². The number of fused-ring (bicyclic) bond motifs is 3. The summed E-state index contributed by atoms with van der Waals surface area (Å²) in [5.74, 6) is 0. The molecule has 5 aromatic rings. The van der Waals surface area contributed by atoms with Crippen LogP contribution in [0.25, 0.3) is 22.3 Å². The van der Waals surface area contributed by atoms with Crippen LogP contribution in [-0.4, -0.2) is 3.71 Å². The van der Waals surface area contributed by atoms with E-state index in [-0.39, 0.29) is 24.8 Å². The van der Waals surface area contributed by atoms with Crippen molar-refractivity contribution in [3.8, 4) is 22.3 Å². The van der Waals surface area contributed by atoms with E-state index in [4.69, 9.17) is 0 Å². The molecule has 0 fully saturated rings. The Balaban J connectivity index is 0.000000183. The van der Waals surface area contributed by atoms with Gasteiger partial charge in [-0.05, 0) is 6.42 Å². The fraction of sp³-hybridized carbons (Fsp3) is 0.0625. The van der Waals surface area contributed by atoms with Crippen LogP contribution in [0.15, 0.2) is 127 Å². The van der Waals surface area contributed by atoms with E-state index in [1.807, 2.05) is 18.2 Å². The Hall–Kier alpha value is -2.44. The first-order valence-corrected chi connectivity index (χ1v) is 12.6. The minimum atomic E-state index is 0. The topological polar surface area (TPSA) is 0 Å². The standard InChI is InChI=1S/C13H9.C11H9.C8H8.2ClH.Zr/c1-3-7-12-10(5-1)9-11-6-2-4-8-13(11)12;1-2-6-10(7-3-1)11-8-4-5-9-11;1-2-8-6-4-3-5-7-8;;;/h1-5,7-8H,9H2;1-9H;1,3-7H,2H2;2*1H;/q2*-1;;;;+2/p-2. The summed E-state index contributed by atoms with van der Waals surface area (Å²) in [5.41, 5.74) is 9.51. The Morgan fingerprint density at radius 1 is 0.714 bits per heavy atom. The second-order valence-corrected chi connectivity index (χ2v) is 8.83. The number of halogens is 2. The molecule has 0 heterocycles. The second-order valence-electron chi connectivity index (χ2n) is 7.83. The zero-order valence-corrected chi connectivity index (χ0v) is 23.3. The van der Waals surface area contributed by atoms with Gasteiger partial charge in [-0.1, -0.05) is 71.3 Å². The van der Waals surface area contributed by atoms with E-state index in [1.165, 1.54) is 63.2 Å². The SMILES string of the molecule is [Cl-].[Cl-].[Zr+2]=[CH]Cc1ccccc1.[c-]1cccc2c1Cc1ccccc1-2.c1ccc(-c2cc[cH-]c2)cc1. The largest absolute Gasteiger partial charge is 0.206 e. The molecule has 6 rings (SSSR count). The van der Waals surface area contributed by atoms with Crippen LogP contribution in [0.2, 0.25) is 0 Å². The summed E-state index contributed by atoms with van der Waals surface area (Å²) >= 11 is 1.51. The average Bonchev–Trinajstić information content (AvgIpc) is 3.55. The number of hydrogen-bond donors (Lipinski definition) is 0. The van der Waals surface area contributed by atoms with Crippen molar-refractivity contribution in [1.82, 2.24) is 0 Å². The first kappa shape index (κ1) is 28.8. The molecule has 0 spiro atoms. The summed E-state index contributed by atoms with van der Waals surface area (Å²) < 4.78 is 2.25. The third-order valence-corrected chi connectivity index (χ3v) is 6.07. The maximum Gasteiger partial charge on any atom is -0.0253 e. The molecule has 0 N–H and O–H groups in total. The molecule has 0 saturated heterocycles. The van der Waals surface area contributed by atoms with Gasteiger partial charge in [-0.2, -0.15) is 53.6 Å². The van der Waals surface area contributed by atoms with Crippen LogP contribution in [0.5, 0.6) is 0 Å².